The van der Waals surface area contributed by atoms with Gasteiger partial charge in [0, 0.05) is 0 Å². The highest BCUT2D eigenvalue weighted by molar-refractivity contribution is 5.19. The Morgan fingerprint density at radius 1 is 0.818 bits per heavy atom. The van der Waals surface area contributed by atoms with Crippen LogP contribution in [0.25, 0.3) is 0 Å². The SMILES string of the molecule is C[CH]C.Cc1ccc(C)cc1. The molecule has 0 aliphatic rings. The van der Waals surface area contributed by atoms with E-state index < -0.39 is 0 Å². The van der Waals surface area contributed by atoms with Crippen LogP contribution in [0.5, 0.6) is 0 Å². The van der Waals surface area contributed by atoms with Crippen molar-refractivity contribution in [3.63, 3.8) is 0 Å². The molecule has 0 unspecified atom stereocenters. The van der Waals surface area contributed by atoms with Crippen molar-refractivity contribution in [1.29, 1.82) is 0 Å². The number of benzene rings is 1. The third kappa shape index (κ3) is 5.65. The van der Waals surface area contributed by atoms with Gasteiger partial charge in [0.05, 0.1) is 0 Å². The van der Waals surface area contributed by atoms with Crippen LogP contribution in [0.4, 0.5) is 0 Å². The van der Waals surface area contributed by atoms with Gasteiger partial charge in [0.25, 0.3) is 0 Å². The second kappa shape index (κ2) is 5.96. The van der Waals surface area contributed by atoms with Crippen LogP contribution in [0, 0.1) is 20.3 Å². The molecule has 0 heterocycles. The summed E-state index contributed by atoms with van der Waals surface area (Å²) in [6.07, 6.45) is 2.00. The third-order valence-electron chi connectivity index (χ3n) is 1.22. The predicted octanol–water partition coefficient (Wildman–Crippen LogP) is 3.53. The Morgan fingerprint density at radius 3 is 1.18 bits per heavy atom. The largest absolute Gasteiger partial charge is 0.0625 e. The Kier molecular flexibility index (Phi) is 5.54. The van der Waals surface area contributed by atoms with Gasteiger partial charge in [-0.2, -0.15) is 0 Å². The molecule has 0 aromatic heterocycles. The smallest absolute Gasteiger partial charge is 0.0398 e. The predicted molar refractivity (Wildman–Crippen MR) is 51.6 cm³/mol. The average molecular weight is 149 g/mol. The maximum atomic E-state index is 2.12. The van der Waals surface area contributed by atoms with Crippen molar-refractivity contribution in [2.24, 2.45) is 0 Å². The molecule has 61 valence electrons. The Balaban J connectivity index is 0.000000292. The minimum Gasteiger partial charge on any atom is -0.0625 e. The summed E-state index contributed by atoms with van der Waals surface area (Å²) in [5.41, 5.74) is 2.66. The molecule has 1 aromatic rings. The lowest BCUT2D eigenvalue weighted by Crippen LogP contribution is -1.70. The fourth-order valence-electron chi connectivity index (χ4n) is 0.637. The molecule has 0 atom stereocenters. The first kappa shape index (κ1) is 10.2. The summed E-state index contributed by atoms with van der Waals surface area (Å²) < 4.78 is 0. The van der Waals surface area contributed by atoms with E-state index in [0.29, 0.717) is 0 Å². The van der Waals surface area contributed by atoms with Gasteiger partial charge in [-0.25, -0.2) is 0 Å². The van der Waals surface area contributed by atoms with Gasteiger partial charge >= 0.3 is 0 Å². The molecule has 1 aromatic carbocycles. The van der Waals surface area contributed by atoms with E-state index >= 15 is 0 Å². The zero-order valence-electron chi connectivity index (χ0n) is 7.89. The summed E-state index contributed by atoms with van der Waals surface area (Å²) in [6.45, 7) is 8.19. The maximum Gasteiger partial charge on any atom is -0.0398 e. The molecule has 0 aliphatic heterocycles. The van der Waals surface area contributed by atoms with Gasteiger partial charge in [0.15, 0.2) is 0 Å². The van der Waals surface area contributed by atoms with E-state index in [4.69, 9.17) is 0 Å². The van der Waals surface area contributed by atoms with Crippen molar-refractivity contribution in [2.45, 2.75) is 27.7 Å². The molecule has 11 heavy (non-hydrogen) atoms. The number of hydrogen-bond acceptors (Lipinski definition) is 0. The molecule has 1 rings (SSSR count). The van der Waals surface area contributed by atoms with Crippen LogP contribution in [0.1, 0.15) is 25.0 Å². The van der Waals surface area contributed by atoms with Crippen molar-refractivity contribution in [3.05, 3.63) is 41.8 Å². The first-order valence-corrected chi connectivity index (χ1v) is 3.98. The second-order valence-corrected chi connectivity index (χ2v) is 2.73. The molecule has 1 radical (unpaired) electrons. The van der Waals surface area contributed by atoms with Crippen LogP contribution in [0.3, 0.4) is 0 Å². The van der Waals surface area contributed by atoms with E-state index in [0.717, 1.165) is 0 Å². The zero-order valence-corrected chi connectivity index (χ0v) is 7.89. The first-order chi connectivity index (χ1) is 5.20. The molecule has 0 saturated heterocycles. The van der Waals surface area contributed by atoms with Gasteiger partial charge in [-0.15, -0.1) is 0 Å². The van der Waals surface area contributed by atoms with Gasteiger partial charge < -0.3 is 0 Å². The molecule has 0 bridgehead atoms. The number of rotatable bonds is 0. The monoisotopic (exact) mass is 149 g/mol. The average Bonchev–Trinajstić information content (AvgIpc) is 1.97. The van der Waals surface area contributed by atoms with Crippen molar-refractivity contribution >= 4 is 0 Å². The van der Waals surface area contributed by atoms with Crippen LogP contribution in [0.2, 0.25) is 0 Å². The van der Waals surface area contributed by atoms with Crippen molar-refractivity contribution in [2.75, 3.05) is 0 Å². The molecule has 0 spiro atoms. The highest BCUT2D eigenvalue weighted by atomic mass is 13.9. The van der Waals surface area contributed by atoms with Crippen LogP contribution < -0.4 is 0 Å². The summed E-state index contributed by atoms with van der Waals surface area (Å²) in [7, 11) is 0. The summed E-state index contributed by atoms with van der Waals surface area (Å²) in [6, 6.07) is 8.48. The van der Waals surface area contributed by atoms with E-state index in [2.05, 4.69) is 38.1 Å². The van der Waals surface area contributed by atoms with Gasteiger partial charge in [0.2, 0.25) is 0 Å². The third-order valence-corrected chi connectivity index (χ3v) is 1.22. The molecular formula is C11H17. The fourth-order valence-corrected chi connectivity index (χ4v) is 0.637. The quantitative estimate of drug-likeness (QED) is 0.529. The minimum atomic E-state index is 1.33. The van der Waals surface area contributed by atoms with Crippen molar-refractivity contribution in [3.8, 4) is 0 Å². The molecule has 0 heteroatoms. The second-order valence-electron chi connectivity index (χ2n) is 2.73. The van der Waals surface area contributed by atoms with Gasteiger partial charge in [-0.3, -0.25) is 0 Å². The lowest BCUT2D eigenvalue weighted by Gasteiger charge is -1.90. The Bertz CT molecular complexity index is 151. The van der Waals surface area contributed by atoms with Gasteiger partial charge in [-0.05, 0) is 20.3 Å². The molecule has 0 nitrogen and oxygen atoms in total. The summed E-state index contributed by atoms with van der Waals surface area (Å²) >= 11 is 0. The number of aryl methyl sites for hydroxylation is 2. The molecule has 0 fully saturated rings. The Hall–Kier alpha value is -0.780. The van der Waals surface area contributed by atoms with Crippen molar-refractivity contribution < 1.29 is 0 Å². The molecular weight excluding hydrogens is 132 g/mol. The molecule has 0 saturated carbocycles. The van der Waals surface area contributed by atoms with Crippen LogP contribution in [-0.4, -0.2) is 0 Å². The van der Waals surface area contributed by atoms with Crippen LogP contribution in [0.15, 0.2) is 24.3 Å². The Morgan fingerprint density at radius 2 is 1.00 bits per heavy atom. The van der Waals surface area contributed by atoms with E-state index in [1.807, 2.05) is 20.3 Å². The standard InChI is InChI=1S/C8H10.C3H7/c1-7-3-5-8(2)6-4-7;1-3-2/h3-6H,1-2H3;3H,1-2H3. The van der Waals surface area contributed by atoms with Crippen LogP contribution in [-0.2, 0) is 0 Å². The maximum absolute atomic E-state index is 2.12. The Labute approximate surface area is 70.3 Å². The van der Waals surface area contributed by atoms with Crippen LogP contribution >= 0.6 is 0 Å². The molecule has 0 aliphatic carbocycles. The van der Waals surface area contributed by atoms with E-state index in [1.165, 1.54) is 11.1 Å². The van der Waals surface area contributed by atoms with Gasteiger partial charge in [-0.1, -0.05) is 49.2 Å². The molecule has 0 amide bonds. The van der Waals surface area contributed by atoms with Gasteiger partial charge in [0.1, 0.15) is 0 Å². The summed E-state index contributed by atoms with van der Waals surface area (Å²) in [5, 5.41) is 0. The van der Waals surface area contributed by atoms with E-state index in [1.54, 1.807) is 0 Å². The fraction of sp³-hybridized carbons (Fsp3) is 0.364. The summed E-state index contributed by atoms with van der Waals surface area (Å²) in [5.74, 6) is 0. The summed E-state index contributed by atoms with van der Waals surface area (Å²) in [4.78, 5) is 0. The highest BCUT2D eigenvalue weighted by Crippen LogP contribution is 1.99. The zero-order chi connectivity index (χ0) is 8.69. The minimum absolute atomic E-state index is 1.33. The highest BCUT2D eigenvalue weighted by Gasteiger charge is 1.79. The number of hydrogen-bond donors (Lipinski definition) is 0. The first-order valence-electron chi connectivity index (χ1n) is 3.98. The topological polar surface area (TPSA) is 0 Å². The van der Waals surface area contributed by atoms with Crippen molar-refractivity contribution in [1.82, 2.24) is 0 Å². The van der Waals surface area contributed by atoms with E-state index in [-0.39, 0.29) is 0 Å². The lowest BCUT2D eigenvalue weighted by molar-refractivity contribution is 1.40. The van der Waals surface area contributed by atoms with E-state index in [9.17, 15) is 0 Å². The molecule has 0 N–H and O–H groups in total. The normalized spacial score (nSPS) is 8.36. The lowest BCUT2D eigenvalue weighted by atomic mass is 10.2.